The fraction of sp³-hybridized carbons (Fsp3) is 0.471. The molecule has 0 aliphatic carbocycles. The van der Waals surface area contributed by atoms with Gasteiger partial charge in [0.1, 0.15) is 18.4 Å². The van der Waals surface area contributed by atoms with E-state index in [9.17, 15) is 14.4 Å². The number of methoxy groups -OCH3 is 2. The minimum Gasteiger partial charge on any atom is -0.495 e. The normalized spacial score (nSPS) is 19.4. The van der Waals surface area contributed by atoms with Crippen molar-refractivity contribution >= 4 is 23.5 Å². The number of fused-ring (bicyclic) bond motifs is 1. The Morgan fingerprint density at radius 3 is 2.80 bits per heavy atom. The van der Waals surface area contributed by atoms with Gasteiger partial charge in [-0.3, -0.25) is 14.5 Å². The SMILES string of the molecule is COCC(=O)Nc1cc(CN2C(=O)C3CCCN3C2=O)ccc1OC. The zero-order valence-corrected chi connectivity index (χ0v) is 14.3. The van der Waals surface area contributed by atoms with Gasteiger partial charge in [-0.2, -0.15) is 0 Å². The minimum absolute atomic E-state index is 0.0763. The van der Waals surface area contributed by atoms with Crippen LogP contribution in [0, 0.1) is 0 Å². The molecule has 0 bridgehead atoms. The maximum Gasteiger partial charge on any atom is 0.327 e. The van der Waals surface area contributed by atoms with Gasteiger partial charge in [-0.05, 0) is 30.5 Å². The molecule has 2 aliphatic rings. The summed E-state index contributed by atoms with van der Waals surface area (Å²) in [5.41, 5.74) is 1.21. The standard InChI is InChI=1S/C17H21N3O5/c1-24-10-15(21)18-12-8-11(5-6-14(12)25-2)9-20-16(22)13-4-3-7-19(13)17(20)23/h5-6,8,13H,3-4,7,9-10H2,1-2H3,(H,18,21). The van der Waals surface area contributed by atoms with Crippen LogP contribution in [0.1, 0.15) is 18.4 Å². The van der Waals surface area contributed by atoms with Crippen molar-refractivity contribution in [3.05, 3.63) is 23.8 Å². The van der Waals surface area contributed by atoms with E-state index in [2.05, 4.69) is 5.32 Å². The number of ether oxygens (including phenoxy) is 2. The Bertz CT molecular complexity index is 684. The van der Waals surface area contributed by atoms with E-state index in [0.29, 0.717) is 18.0 Å². The van der Waals surface area contributed by atoms with E-state index >= 15 is 0 Å². The highest BCUT2D eigenvalue weighted by Gasteiger charge is 2.47. The van der Waals surface area contributed by atoms with Crippen molar-refractivity contribution in [2.24, 2.45) is 0 Å². The summed E-state index contributed by atoms with van der Waals surface area (Å²) in [5, 5.41) is 2.70. The number of urea groups is 1. The number of carbonyl (C=O) groups excluding carboxylic acids is 3. The van der Waals surface area contributed by atoms with E-state index in [1.165, 1.54) is 19.1 Å². The van der Waals surface area contributed by atoms with Crippen molar-refractivity contribution in [2.75, 3.05) is 32.7 Å². The lowest BCUT2D eigenvalue weighted by atomic mass is 10.1. The number of benzene rings is 1. The van der Waals surface area contributed by atoms with Crippen molar-refractivity contribution in [3.8, 4) is 5.75 Å². The van der Waals surface area contributed by atoms with E-state index in [4.69, 9.17) is 9.47 Å². The Hall–Kier alpha value is -2.61. The number of hydrogen-bond acceptors (Lipinski definition) is 5. The Morgan fingerprint density at radius 2 is 2.12 bits per heavy atom. The third kappa shape index (κ3) is 3.30. The molecule has 1 atom stereocenters. The maximum atomic E-state index is 12.4. The largest absolute Gasteiger partial charge is 0.495 e. The van der Waals surface area contributed by atoms with E-state index in [0.717, 1.165) is 18.4 Å². The van der Waals surface area contributed by atoms with E-state index in [1.807, 2.05) is 0 Å². The lowest BCUT2D eigenvalue weighted by Crippen LogP contribution is -2.32. The lowest BCUT2D eigenvalue weighted by Gasteiger charge is -2.17. The second-order valence-corrected chi connectivity index (χ2v) is 6.07. The second kappa shape index (κ2) is 7.10. The van der Waals surface area contributed by atoms with Gasteiger partial charge in [0.15, 0.2) is 0 Å². The molecule has 1 aromatic rings. The summed E-state index contributed by atoms with van der Waals surface area (Å²) in [6.45, 7) is 0.724. The summed E-state index contributed by atoms with van der Waals surface area (Å²) in [7, 11) is 2.94. The first-order valence-corrected chi connectivity index (χ1v) is 8.13. The Kier molecular flexibility index (Phi) is 4.89. The first-order chi connectivity index (χ1) is 12.0. The molecule has 8 heteroatoms. The van der Waals surface area contributed by atoms with Crippen molar-refractivity contribution in [3.63, 3.8) is 0 Å². The van der Waals surface area contributed by atoms with Crippen LogP contribution in [0.5, 0.6) is 5.75 Å². The summed E-state index contributed by atoms with van der Waals surface area (Å²) in [4.78, 5) is 39.5. The molecule has 4 amide bonds. The Labute approximate surface area is 145 Å². The molecule has 8 nitrogen and oxygen atoms in total. The Balaban J connectivity index is 1.77. The molecule has 0 radical (unpaired) electrons. The topological polar surface area (TPSA) is 88.2 Å². The zero-order chi connectivity index (χ0) is 18.0. The molecule has 2 fully saturated rings. The van der Waals surface area contributed by atoms with Gasteiger partial charge in [0.2, 0.25) is 5.91 Å². The average molecular weight is 347 g/mol. The molecule has 2 saturated heterocycles. The highest BCUT2D eigenvalue weighted by molar-refractivity contribution is 6.04. The summed E-state index contributed by atoms with van der Waals surface area (Å²) in [6.07, 6.45) is 1.59. The maximum absolute atomic E-state index is 12.4. The van der Waals surface area contributed by atoms with Gasteiger partial charge in [0.25, 0.3) is 5.91 Å². The molecule has 1 unspecified atom stereocenters. The van der Waals surface area contributed by atoms with Crippen molar-refractivity contribution in [2.45, 2.75) is 25.4 Å². The molecule has 0 spiro atoms. The fourth-order valence-electron chi connectivity index (χ4n) is 3.28. The van der Waals surface area contributed by atoms with E-state index in [1.54, 1.807) is 23.1 Å². The third-order valence-electron chi connectivity index (χ3n) is 4.43. The van der Waals surface area contributed by atoms with E-state index in [-0.39, 0.29) is 37.0 Å². The molecule has 134 valence electrons. The van der Waals surface area contributed by atoms with Crippen LogP contribution in [0.25, 0.3) is 0 Å². The van der Waals surface area contributed by atoms with Crippen molar-refractivity contribution in [1.82, 2.24) is 9.80 Å². The monoisotopic (exact) mass is 347 g/mol. The summed E-state index contributed by atoms with van der Waals surface area (Å²) < 4.78 is 10.0. The number of carbonyl (C=O) groups is 3. The lowest BCUT2D eigenvalue weighted by molar-refractivity contribution is -0.128. The quantitative estimate of drug-likeness (QED) is 0.782. The van der Waals surface area contributed by atoms with Gasteiger partial charge in [-0.1, -0.05) is 6.07 Å². The molecule has 0 saturated carbocycles. The molecular formula is C17H21N3O5. The number of amides is 4. The Morgan fingerprint density at radius 1 is 1.32 bits per heavy atom. The van der Waals surface area contributed by atoms with Crippen LogP contribution in [0.3, 0.4) is 0 Å². The number of anilines is 1. The molecule has 0 aromatic heterocycles. The zero-order valence-electron chi connectivity index (χ0n) is 14.3. The van der Waals surface area contributed by atoms with Crippen molar-refractivity contribution < 1.29 is 23.9 Å². The average Bonchev–Trinajstić information content (AvgIpc) is 3.15. The van der Waals surface area contributed by atoms with Crippen LogP contribution in [0.4, 0.5) is 10.5 Å². The number of hydrogen-bond donors (Lipinski definition) is 1. The van der Waals surface area contributed by atoms with Crippen LogP contribution in [0.2, 0.25) is 0 Å². The molecule has 2 heterocycles. The number of nitrogens with zero attached hydrogens (tertiary/aromatic N) is 2. The summed E-state index contributed by atoms with van der Waals surface area (Å²) in [5.74, 6) is 0.0307. The molecule has 25 heavy (non-hydrogen) atoms. The van der Waals surface area contributed by atoms with Crippen LogP contribution in [-0.4, -0.2) is 61.1 Å². The first-order valence-electron chi connectivity index (χ1n) is 8.13. The van der Waals surface area contributed by atoms with Crippen LogP contribution < -0.4 is 10.1 Å². The van der Waals surface area contributed by atoms with E-state index < -0.39 is 0 Å². The van der Waals surface area contributed by atoms with Gasteiger partial charge >= 0.3 is 6.03 Å². The van der Waals surface area contributed by atoms with Crippen molar-refractivity contribution in [1.29, 1.82) is 0 Å². The van der Waals surface area contributed by atoms with Gasteiger partial charge in [-0.15, -0.1) is 0 Å². The summed E-state index contributed by atoms with van der Waals surface area (Å²) in [6, 6.07) is 4.62. The summed E-state index contributed by atoms with van der Waals surface area (Å²) >= 11 is 0. The highest BCUT2D eigenvalue weighted by Crippen LogP contribution is 2.30. The predicted octanol–water partition coefficient (Wildman–Crippen LogP) is 1.21. The van der Waals surface area contributed by atoms with Gasteiger partial charge < -0.3 is 19.7 Å². The molecule has 1 aromatic carbocycles. The first kappa shape index (κ1) is 17.2. The molecular weight excluding hydrogens is 326 g/mol. The van der Waals surface area contributed by atoms with Crippen LogP contribution in [0.15, 0.2) is 18.2 Å². The van der Waals surface area contributed by atoms with Gasteiger partial charge in [0.05, 0.1) is 19.3 Å². The molecule has 2 aliphatic heterocycles. The minimum atomic E-state index is -0.313. The fourth-order valence-corrected chi connectivity index (χ4v) is 3.28. The molecule has 1 N–H and O–H groups in total. The smallest absolute Gasteiger partial charge is 0.327 e. The predicted molar refractivity (Wildman–Crippen MR) is 89.2 cm³/mol. The molecule has 3 rings (SSSR count). The van der Waals surface area contributed by atoms with Crippen LogP contribution >= 0.6 is 0 Å². The number of imide groups is 1. The number of nitrogens with one attached hydrogen (secondary N) is 1. The highest BCUT2D eigenvalue weighted by atomic mass is 16.5. The van der Waals surface area contributed by atoms with Gasteiger partial charge in [-0.25, -0.2) is 4.79 Å². The second-order valence-electron chi connectivity index (χ2n) is 6.07. The number of rotatable bonds is 6. The van der Waals surface area contributed by atoms with Gasteiger partial charge in [0, 0.05) is 13.7 Å². The third-order valence-corrected chi connectivity index (χ3v) is 4.43. The van der Waals surface area contributed by atoms with Crippen LogP contribution in [-0.2, 0) is 20.9 Å².